The largest absolute Gasteiger partial charge is 0.489 e. The molecule has 1 aromatic heterocycles. The normalized spacial score (nSPS) is 17.2. The number of hydrogen-bond acceptors (Lipinski definition) is 3. The maximum atomic E-state index is 12.9. The number of nitrogens with one attached hydrogen (secondary N) is 1. The molecule has 0 bridgehead atoms. The molecule has 1 aliphatic rings. The smallest absolute Gasteiger partial charge is 0.267 e. The number of fused-ring (bicyclic) bond motifs is 1. The van der Waals surface area contributed by atoms with Crippen LogP contribution in [0.15, 0.2) is 36.9 Å². The number of carbonyl (C=O) groups excluding carboxylic acids is 1. The molecule has 1 aliphatic heterocycles. The lowest BCUT2D eigenvalue weighted by molar-refractivity contribution is 0.00637. The molecule has 0 aliphatic carbocycles. The zero-order chi connectivity index (χ0) is 19.2. The third kappa shape index (κ3) is 4.72. The first-order valence-electron chi connectivity index (χ1n) is 9.86. The van der Waals surface area contributed by atoms with Crippen LogP contribution in [0.3, 0.4) is 0 Å². The number of ether oxygens (including phenoxy) is 2. The molecule has 0 spiro atoms. The summed E-state index contributed by atoms with van der Waals surface area (Å²) in [6.45, 7) is 10.5. The van der Waals surface area contributed by atoms with Gasteiger partial charge in [0, 0.05) is 25.1 Å². The lowest BCUT2D eigenvalue weighted by Gasteiger charge is -2.24. The van der Waals surface area contributed by atoms with E-state index in [0.717, 1.165) is 36.1 Å². The van der Waals surface area contributed by atoms with Gasteiger partial charge in [-0.2, -0.15) is 0 Å². The average Bonchev–Trinajstić information content (AvgIpc) is 3.04. The number of nitrogens with zero attached hydrogens (tertiary/aromatic N) is 1. The topological polar surface area (TPSA) is 52.5 Å². The van der Waals surface area contributed by atoms with Crippen molar-refractivity contribution in [2.75, 3.05) is 19.8 Å². The minimum atomic E-state index is -0.0506. The standard InChI is InChI=1S/C22H30N2O3/c1-4-11-27-21-10-7-9-19-18(21)13-20(22(25)23-14-16(2)3)24(19)15-17-8-5-6-12-26-17/h4,7,9-10,13,16-17H,1,5-6,8,11-12,14-15H2,2-3H3,(H,23,25)/t17-/m0/s1. The van der Waals surface area contributed by atoms with Gasteiger partial charge in [0.15, 0.2) is 0 Å². The van der Waals surface area contributed by atoms with Gasteiger partial charge in [-0.1, -0.05) is 32.6 Å². The van der Waals surface area contributed by atoms with E-state index in [1.165, 1.54) is 6.42 Å². The molecule has 1 saturated heterocycles. The number of benzene rings is 1. The van der Waals surface area contributed by atoms with Gasteiger partial charge in [-0.3, -0.25) is 4.79 Å². The summed E-state index contributed by atoms with van der Waals surface area (Å²) in [6.07, 6.45) is 5.18. The summed E-state index contributed by atoms with van der Waals surface area (Å²) in [5.74, 6) is 1.12. The molecule has 146 valence electrons. The Bertz CT molecular complexity index is 788. The van der Waals surface area contributed by atoms with Gasteiger partial charge in [-0.15, -0.1) is 0 Å². The van der Waals surface area contributed by atoms with E-state index in [0.29, 0.717) is 31.3 Å². The maximum absolute atomic E-state index is 12.9. The van der Waals surface area contributed by atoms with E-state index in [1.54, 1.807) is 6.08 Å². The fourth-order valence-corrected chi connectivity index (χ4v) is 3.46. The molecule has 5 nitrogen and oxygen atoms in total. The summed E-state index contributed by atoms with van der Waals surface area (Å²) < 4.78 is 13.8. The average molecular weight is 370 g/mol. The first-order valence-corrected chi connectivity index (χ1v) is 9.86. The summed E-state index contributed by atoms with van der Waals surface area (Å²) in [5, 5.41) is 3.99. The Balaban J connectivity index is 1.97. The van der Waals surface area contributed by atoms with E-state index in [-0.39, 0.29) is 12.0 Å². The number of carbonyl (C=O) groups is 1. The van der Waals surface area contributed by atoms with Crippen molar-refractivity contribution in [3.8, 4) is 5.75 Å². The SMILES string of the molecule is C=CCOc1cccc2c1cc(C(=O)NCC(C)C)n2C[C@@H]1CCCCO1. The lowest BCUT2D eigenvalue weighted by Crippen LogP contribution is -2.31. The van der Waals surface area contributed by atoms with Crippen LogP contribution in [0.25, 0.3) is 10.9 Å². The van der Waals surface area contributed by atoms with Crippen LogP contribution in [0.2, 0.25) is 0 Å². The zero-order valence-corrected chi connectivity index (χ0v) is 16.4. The van der Waals surface area contributed by atoms with Gasteiger partial charge in [0.1, 0.15) is 18.1 Å². The Kier molecular flexibility index (Phi) is 6.56. The van der Waals surface area contributed by atoms with Gasteiger partial charge in [0.2, 0.25) is 0 Å². The van der Waals surface area contributed by atoms with E-state index >= 15 is 0 Å². The maximum Gasteiger partial charge on any atom is 0.267 e. The zero-order valence-electron chi connectivity index (χ0n) is 16.4. The summed E-state index contributed by atoms with van der Waals surface area (Å²) in [4.78, 5) is 12.9. The first kappa shape index (κ1) is 19.5. The van der Waals surface area contributed by atoms with E-state index in [2.05, 4.69) is 30.3 Å². The third-order valence-electron chi connectivity index (χ3n) is 4.83. The van der Waals surface area contributed by atoms with Crippen molar-refractivity contribution in [2.45, 2.75) is 45.8 Å². The number of amides is 1. The molecular formula is C22H30N2O3. The quantitative estimate of drug-likeness (QED) is 0.710. The van der Waals surface area contributed by atoms with Crippen LogP contribution < -0.4 is 10.1 Å². The Morgan fingerprint density at radius 3 is 3.00 bits per heavy atom. The molecule has 1 aromatic carbocycles. The number of hydrogen-bond donors (Lipinski definition) is 1. The van der Waals surface area contributed by atoms with Crippen LogP contribution in [-0.4, -0.2) is 36.3 Å². The van der Waals surface area contributed by atoms with E-state index < -0.39 is 0 Å². The van der Waals surface area contributed by atoms with Gasteiger partial charge in [0.05, 0.1) is 11.6 Å². The van der Waals surface area contributed by atoms with E-state index in [4.69, 9.17) is 9.47 Å². The Morgan fingerprint density at radius 2 is 2.30 bits per heavy atom. The van der Waals surface area contributed by atoms with Crippen LogP contribution in [0.4, 0.5) is 0 Å². The molecule has 3 rings (SSSR count). The molecule has 1 fully saturated rings. The Labute approximate surface area is 161 Å². The molecule has 0 saturated carbocycles. The van der Waals surface area contributed by atoms with Crippen molar-refractivity contribution in [3.05, 3.63) is 42.6 Å². The molecule has 27 heavy (non-hydrogen) atoms. The van der Waals surface area contributed by atoms with E-state index in [9.17, 15) is 4.79 Å². The van der Waals surface area contributed by atoms with Crippen molar-refractivity contribution in [2.24, 2.45) is 5.92 Å². The summed E-state index contributed by atoms with van der Waals surface area (Å²) in [7, 11) is 0. The van der Waals surface area contributed by atoms with Crippen LogP contribution in [0.1, 0.15) is 43.6 Å². The van der Waals surface area contributed by atoms with Gasteiger partial charge in [0.25, 0.3) is 5.91 Å². The number of rotatable bonds is 8. The molecule has 1 atom stereocenters. The van der Waals surface area contributed by atoms with Crippen LogP contribution in [-0.2, 0) is 11.3 Å². The number of aromatic nitrogens is 1. The second kappa shape index (κ2) is 9.09. The highest BCUT2D eigenvalue weighted by molar-refractivity contribution is 6.00. The van der Waals surface area contributed by atoms with Crippen LogP contribution in [0, 0.1) is 5.92 Å². The summed E-state index contributed by atoms with van der Waals surface area (Å²) in [5.41, 5.74) is 1.66. The van der Waals surface area contributed by atoms with Crippen molar-refractivity contribution in [3.63, 3.8) is 0 Å². The second-order valence-electron chi connectivity index (χ2n) is 7.52. The van der Waals surface area contributed by atoms with Gasteiger partial charge >= 0.3 is 0 Å². The summed E-state index contributed by atoms with van der Waals surface area (Å²) in [6, 6.07) is 7.88. The molecule has 0 radical (unpaired) electrons. The molecular weight excluding hydrogens is 340 g/mol. The first-order chi connectivity index (χ1) is 13.1. The van der Waals surface area contributed by atoms with Gasteiger partial charge < -0.3 is 19.4 Å². The van der Waals surface area contributed by atoms with Gasteiger partial charge in [-0.05, 0) is 43.4 Å². The molecule has 2 heterocycles. The minimum Gasteiger partial charge on any atom is -0.489 e. The highest BCUT2D eigenvalue weighted by Crippen LogP contribution is 2.30. The Hall–Kier alpha value is -2.27. The monoisotopic (exact) mass is 370 g/mol. The molecule has 1 N–H and O–H groups in total. The Morgan fingerprint density at radius 1 is 1.44 bits per heavy atom. The van der Waals surface area contributed by atoms with Crippen molar-refractivity contribution < 1.29 is 14.3 Å². The van der Waals surface area contributed by atoms with Crippen LogP contribution in [0.5, 0.6) is 5.75 Å². The predicted octanol–water partition coefficient (Wildman–Crippen LogP) is 4.16. The second-order valence-corrected chi connectivity index (χ2v) is 7.52. The van der Waals surface area contributed by atoms with E-state index in [1.807, 2.05) is 24.3 Å². The minimum absolute atomic E-state index is 0.0506. The van der Waals surface area contributed by atoms with Crippen molar-refractivity contribution >= 4 is 16.8 Å². The molecule has 1 amide bonds. The fourth-order valence-electron chi connectivity index (χ4n) is 3.46. The van der Waals surface area contributed by atoms with Gasteiger partial charge in [-0.25, -0.2) is 0 Å². The van der Waals surface area contributed by atoms with Crippen molar-refractivity contribution in [1.82, 2.24) is 9.88 Å². The molecule has 0 unspecified atom stereocenters. The summed E-state index contributed by atoms with van der Waals surface area (Å²) >= 11 is 0. The third-order valence-corrected chi connectivity index (χ3v) is 4.83. The van der Waals surface area contributed by atoms with Crippen LogP contribution >= 0.6 is 0 Å². The molecule has 5 heteroatoms. The lowest BCUT2D eigenvalue weighted by atomic mass is 10.1. The highest BCUT2D eigenvalue weighted by atomic mass is 16.5. The molecule has 2 aromatic rings. The highest BCUT2D eigenvalue weighted by Gasteiger charge is 2.22. The predicted molar refractivity (Wildman–Crippen MR) is 108 cm³/mol. The fraction of sp³-hybridized carbons (Fsp3) is 0.500. The van der Waals surface area contributed by atoms with Crippen molar-refractivity contribution in [1.29, 1.82) is 0 Å².